The summed E-state index contributed by atoms with van der Waals surface area (Å²) in [6.07, 6.45) is 27.4. The Morgan fingerprint density at radius 2 is 1.08 bits per heavy atom. The smallest absolute Gasteiger partial charge is 0.462 e. The van der Waals surface area contributed by atoms with Crippen LogP contribution in [0.2, 0.25) is 0 Å². The fraction of sp³-hybridized carbons (Fsp3) is 0.745. The van der Waals surface area contributed by atoms with Crippen LogP contribution in [0.3, 0.4) is 0 Å². The van der Waals surface area contributed by atoms with Gasteiger partial charge in [-0.1, -0.05) is 145 Å². The van der Waals surface area contributed by atoms with Crippen LogP contribution < -0.4 is 0 Å². The van der Waals surface area contributed by atoms with E-state index < -0.39 is 81.8 Å². The quantitative estimate of drug-likeness (QED) is 0.0103. The second-order valence-electron chi connectivity index (χ2n) is 16.1. The van der Waals surface area contributed by atoms with Gasteiger partial charge in [0.1, 0.15) is 43.2 Å². The van der Waals surface area contributed by atoms with E-state index in [1.807, 2.05) is 42.5 Å². The van der Waals surface area contributed by atoms with Crippen molar-refractivity contribution < 1.29 is 68.2 Å². The Balaban J connectivity index is 2.53. The summed E-state index contributed by atoms with van der Waals surface area (Å²) in [5.74, 6) is -1.20. The number of carbonyl (C=O) groups is 2. The molecule has 9 atom stereocenters. The van der Waals surface area contributed by atoms with E-state index in [-0.39, 0.29) is 12.8 Å². The minimum absolute atomic E-state index is 0.0638. The van der Waals surface area contributed by atoms with E-state index in [0.717, 1.165) is 77.0 Å². The average Bonchev–Trinajstić information content (AvgIpc) is 3.25. The summed E-state index contributed by atoms with van der Waals surface area (Å²) >= 11 is 0. The van der Waals surface area contributed by atoms with Crippen molar-refractivity contribution in [1.29, 1.82) is 0 Å². The number of phosphoric acid groups is 1. The molecule has 15 heteroatoms. The minimum Gasteiger partial charge on any atom is -0.462 e. The van der Waals surface area contributed by atoms with Gasteiger partial charge in [0.15, 0.2) is 6.10 Å². The summed E-state index contributed by atoms with van der Waals surface area (Å²) in [6.45, 7) is 3.10. The monoisotopic (exact) mass is 901 g/mol. The number of hydrogen-bond acceptors (Lipinski definition) is 13. The van der Waals surface area contributed by atoms with Gasteiger partial charge in [-0.25, -0.2) is 4.57 Å². The number of hydrogen-bond donors (Lipinski definition) is 7. The lowest BCUT2D eigenvalue weighted by Crippen LogP contribution is -2.64. The molecule has 0 aromatic heterocycles. The fourth-order valence-corrected chi connectivity index (χ4v) is 7.59. The Hall–Kier alpha value is -2.49. The molecule has 0 bridgehead atoms. The summed E-state index contributed by atoms with van der Waals surface area (Å²) in [6, 6.07) is 0. The predicted molar refractivity (Wildman–Crippen MR) is 241 cm³/mol. The highest BCUT2D eigenvalue weighted by Gasteiger charge is 2.51. The lowest BCUT2D eigenvalue weighted by atomic mass is 9.85. The van der Waals surface area contributed by atoms with E-state index in [1.54, 1.807) is 6.08 Å². The van der Waals surface area contributed by atoms with E-state index in [1.165, 1.54) is 38.5 Å². The highest BCUT2D eigenvalue weighted by Crippen LogP contribution is 2.47. The number of ether oxygens (including phenoxy) is 2. The zero-order valence-corrected chi connectivity index (χ0v) is 38.4. The van der Waals surface area contributed by atoms with Gasteiger partial charge >= 0.3 is 19.8 Å². The third-order valence-electron chi connectivity index (χ3n) is 10.4. The van der Waals surface area contributed by atoms with Crippen LogP contribution in [0.25, 0.3) is 0 Å². The van der Waals surface area contributed by atoms with Crippen molar-refractivity contribution in [3.8, 4) is 0 Å². The first-order chi connectivity index (χ1) is 29.8. The Morgan fingerprint density at radius 3 is 1.73 bits per heavy atom. The number of allylic oxidation sites excluding steroid dienone is 9. The first-order valence-electron chi connectivity index (χ1n) is 23.2. The fourth-order valence-electron chi connectivity index (χ4n) is 6.62. The molecular weight excluding hydrogens is 819 g/mol. The molecule has 1 saturated carbocycles. The maximum absolute atomic E-state index is 12.8. The topological polar surface area (TPSA) is 230 Å². The number of aliphatic hydroxyl groups excluding tert-OH is 6. The predicted octanol–water partition coefficient (Wildman–Crippen LogP) is 7.92. The summed E-state index contributed by atoms with van der Waals surface area (Å²) in [4.78, 5) is 35.7. The molecule has 0 aromatic carbocycles. The Kier molecular flexibility index (Phi) is 34.2. The lowest BCUT2D eigenvalue weighted by Gasteiger charge is -2.41. The van der Waals surface area contributed by atoms with Crippen molar-refractivity contribution in [1.82, 2.24) is 0 Å². The lowest BCUT2D eigenvalue weighted by molar-refractivity contribution is -0.220. The summed E-state index contributed by atoms with van der Waals surface area (Å²) in [5, 5.41) is 60.0. The van der Waals surface area contributed by atoms with Gasteiger partial charge in [-0.3, -0.25) is 18.6 Å². The van der Waals surface area contributed by atoms with Crippen molar-refractivity contribution >= 4 is 19.8 Å². The van der Waals surface area contributed by atoms with Gasteiger partial charge < -0.3 is 45.0 Å². The highest BCUT2D eigenvalue weighted by atomic mass is 31.2. The van der Waals surface area contributed by atoms with Crippen molar-refractivity contribution in [3.63, 3.8) is 0 Å². The minimum atomic E-state index is -5.14. The SMILES string of the molecule is CCCCCCCC/C=C\CCCCCCCC(=O)O[C@H](COC(=O)CCC/C=C\C/C=C\C/C=C\C=C\[C@H](O)CCCCC)COP(=O)(O)OC1[C@H](O)[C@H](O)C(O)[C@H](O)[C@H]1O. The summed E-state index contributed by atoms with van der Waals surface area (Å²) < 4.78 is 33.4. The number of unbranched alkanes of at least 4 members (excludes halogenated alkanes) is 14. The van der Waals surface area contributed by atoms with Crippen LogP contribution in [0.4, 0.5) is 0 Å². The molecule has 0 spiro atoms. The van der Waals surface area contributed by atoms with Gasteiger partial charge in [-0.05, 0) is 64.2 Å². The van der Waals surface area contributed by atoms with Crippen molar-refractivity contribution in [2.45, 2.75) is 210 Å². The molecule has 62 heavy (non-hydrogen) atoms. The second kappa shape index (κ2) is 36.8. The molecule has 1 aliphatic rings. The molecule has 0 aromatic rings. The van der Waals surface area contributed by atoms with Crippen LogP contribution in [-0.4, -0.2) is 110 Å². The Labute approximate surface area is 371 Å². The maximum atomic E-state index is 12.8. The van der Waals surface area contributed by atoms with Crippen LogP contribution in [0, 0.1) is 0 Å². The largest absolute Gasteiger partial charge is 0.472 e. The summed E-state index contributed by atoms with van der Waals surface area (Å²) in [5.41, 5.74) is 0. The molecular formula is C47H81O14P. The Morgan fingerprint density at radius 1 is 0.581 bits per heavy atom. The second-order valence-corrected chi connectivity index (χ2v) is 17.5. The molecule has 14 nitrogen and oxygen atoms in total. The molecule has 0 amide bonds. The number of rotatable bonds is 37. The molecule has 3 unspecified atom stereocenters. The Bertz CT molecular complexity index is 1330. The van der Waals surface area contributed by atoms with E-state index >= 15 is 0 Å². The normalized spacial score (nSPS) is 22.9. The molecule has 1 fully saturated rings. The van der Waals surface area contributed by atoms with Gasteiger partial charge in [-0.2, -0.15) is 0 Å². The van der Waals surface area contributed by atoms with Crippen LogP contribution in [0.1, 0.15) is 162 Å². The third kappa shape index (κ3) is 29.1. The number of aliphatic hydroxyl groups is 6. The van der Waals surface area contributed by atoms with Crippen molar-refractivity contribution in [2.24, 2.45) is 0 Å². The van der Waals surface area contributed by atoms with Gasteiger partial charge in [0.25, 0.3) is 0 Å². The first kappa shape index (κ1) is 57.5. The van der Waals surface area contributed by atoms with Crippen LogP contribution in [-0.2, 0) is 32.7 Å². The third-order valence-corrected chi connectivity index (χ3v) is 11.4. The zero-order valence-electron chi connectivity index (χ0n) is 37.5. The summed E-state index contributed by atoms with van der Waals surface area (Å²) in [7, 11) is -5.14. The number of esters is 2. The van der Waals surface area contributed by atoms with E-state index in [0.29, 0.717) is 19.3 Å². The molecule has 1 rings (SSSR count). The van der Waals surface area contributed by atoms with Crippen molar-refractivity contribution in [3.05, 3.63) is 60.8 Å². The number of phosphoric ester groups is 1. The first-order valence-corrected chi connectivity index (χ1v) is 24.7. The molecule has 0 heterocycles. The standard InChI is InChI=1S/C47H81O14P/c1-3-5-7-8-9-10-11-12-13-14-17-21-24-27-31-35-41(50)60-39(37-59-62(56,57)61-47-45(54)43(52)42(51)44(53)46(47)55)36-58-40(49)34-30-26-23-20-18-15-16-19-22-25-29-33-38(48)32-28-6-4-2/h12-13,15-16,20,22-23,25,29,33,38-39,42-48,51-55H,3-11,14,17-19,21,24,26-28,30-32,34-37H2,1-2H3,(H,56,57)/b13-12-,16-15-,23-20-,25-22-,33-29+/t38-,39-,42?,43-,44+,45-,46-,47?/m1/s1. The molecule has 7 N–H and O–H groups in total. The van der Waals surface area contributed by atoms with Crippen molar-refractivity contribution in [2.75, 3.05) is 13.2 Å². The van der Waals surface area contributed by atoms with E-state index in [4.69, 9.17) is 18.5 Å². The van der Waals surface area contributed by atoms with E-state index in [2.05, 4.69) is 26.0 Å². The van der Waals surface area contributed by atoms with Crippen LogP contribution in [0.15, 0.2) is 60.8 Å². The van der Waals surface area contributed by atoms with Gasteiger partial charge in [0.05, 0.1) is 12.7 Å². The van der Waals surface area contributed by atoms with Crippen LogP contribution in [0.5, 0.6) is 0 Å². The average molecular weight is 901 g/mol. The zero-order chi connectivity index (χ0) is 45.9. The number of carbonyl (C=O) groups excluding carboxylic acids is 2. The molecule has 0 saturated heterocycles. The maximum Gasteiger partial charge on any atom is 0.472 e. The van der Waals surface area contributed by atoms with Gasteiger partial charge in [0.2, 0.25) is 0 Å². The van der Waals surface area contributed by atoms with Gasteiger partial charge in [0, 0.05) is 12.8 Å². The van der Waals surface area contributed by atoms with Gasteiger partial charge in [-0.15, -0.1) is 0 Å². The molecule has 0 aliphatic heterocycles. The highest BCUT2D eigenvalue weighted by molar-refractivity contribution is 7.47. The van der Waals surface area contributed by atoms with Crippen LogP contribution >= 0.6 is 7.82 Å². The molecule has 358 valence electrons. The molecule has 0 radical (unpaired) electrons. The van der Waals surface area contributed by atoms with E-state index in [9.17, 15) is 49.7 Å². The molecule has 1 aliphatic carbocycles.